The molecule has 4 heteroatoms. The number of nitrogens with zero attached hydrogens (tertiary/aromatic N) is 3. The second kappa shape index (κ2) is 16.4. The van der Waals surface area contributed by atoms with Crippen LogP contribution in [0.5, 0.6) is 0 Å². The van der Waals surface area contributed by atoms with Crippen LogP contribution in [0.25, 0.3) is 5.32 Å². The van der Waals surface area contributed by atoms with Gasteiger partial charge in [0.1, 0.15) is 13.1 Å². The lowest BCUT2D eigenvalue weighted by molar-refractivity contribution is -0.884. The van der Waals surface area contributed by atoms with Crippen LogP contribution < -0.4 is 12.4 Å². The van der Waals surface area contributed by atoms with Gasteiger partial charge in [0, 0.05) is 11.1 Å². The number of benzene rings is 3. The summed E-state index contributed by atoms with van der Waals surface area (Å²) in [6.07, 6.45) is 1.07. The van der Waals surface area contributed by atoms with E-state index in [4.69, 9.17) is 0 Å². The Hall–Kier alpha value is -2.17. The van der Waals surface area contributed by atoms with E-state index >= 15 is 0 Å². The highest BCUT2D eigenvalue weighted by atomic mass is 35.5. The van der Waals surface area contributed by atoms with Crippen LogP contribution in [0.15, 0.2) is 91.0 Å². The van der Waals surface area contributed by atoms with Crippen LogP contribution in [-0.2, 0) is 19.5 Å². The van der Waals surface area contributed by atoms with Crippen molar-refractivity contribution in [3.05, 3.63) is 113 Å². The summed E-state index contributed by atoms with van der Waals surface area (Å²) < 4.78 is 1.98. The zero-order valence-electron chi connectivity index (χ0n) is 21.7. The molecule has 0 aliphatic heterocycles. The molecule has 0 aromatic heterocycles. The number of hydrogen-bond acceptors (Lipinski definition) is 0. The molecule has 3 rings (SSSR count). The Labute approximate surface area is 209 Å². The second-order valence-corrected chi connectivity index (χ2v) is 10.1. The normalized spacial score (nSPS) is 10.6. The standard InChI is InChI=1S/2C10H16N.C9H12N.ClH/c2*1-11(2,3)9-10-7-5-4-6-8-10;1-10-8-7-9-5-3-2-4-6-9;/h2*4-8H,9H2,1-3H3;2-6H,7-8H2,1H3;1H/q2*+1;-1;/p-1. The molecule has 0 N–H and O–H groups in total. The van der Waals surface area contributed by atoms with E-state index in [2.05, 4.69) is 133 Å². The van der Waals surface area contributed by atoms with Crippen LogP contribution in [0.4, 0.5) is 0 Å². The Morgan fingerprint density at radius 1 is 0.515 bits per heavy atom. The van der Waals surface area contributed by atoms with Crippen molar-refractivity contribution in [3.63, 3.8) is 0 Å². The zero-order chi connectivity index (χ0) is 23.9. The summed E-state index contributed by atoms with van der Waals surface area (Å²) in [7, 11) is 15.1. The van der Waals surface area contributed by atoms with Gasteiger partial charge in [0.25, 0.3) is 0 Å². The maximum atomic E-state index is 4.03. The van der Waals surface area contributed by atoms with Gasteiger partial charge in [0.05, 0.1) is 42.3 Å². The quantitative estimate of drug-likeness (QED) is 0.472. The van der Waals surface area contributed by atoms with E-state index in [9.17, 15) is 0 Å². The van der Waals surface area contributed by atoms with E-state index in [-0.39, 0.29) is 12.4 Å². The van der Waals surface area contributed by atoms with Gasteiger partial charge in [-0.1, -0.05) is 91.0 Å². The molecule has 0 unspecified atom stereocenters. The van der Waals surface area contributed by atoms with Gasteiger partial charge < -0.3 is 26.7 Å². The monoisotopic (exact) mass is 469 g/mol. The number of quaternary nitrogens is 2. The molecule has 0 heterocycles. The van der Waals surface area contributed by atoms with Crippen molar-refractivity contribution in [1.82, 2.24) is 0 Å². The van der Waals surface area contributed by atoms with Crippen molar-refractivity contribution >= 4 is 0 Å². The third kappa shape index (κ3) is 18.0. The van der Waals surface area contributed by atoms with Crippen molar-refractivity contribution in [2.75, 3.05) is 55.9 Å². The molecule has 0 saturated carbocycles. The van der Waals surface area contributed by atoms with E-state index in [1.54, 1.807) is 0 Å². The fourth-order valence-corrected chi connectivity index (χ4v) is 3.15. The Bertz CT molecular complexity index is 772. The van der Waals surface area contributed by atoms with E-state index in [1.165, 1.54) is 16.7 Å². The average molecular weight is 470 g/mol. The van der Waals surface area contributed by atoms with E-state index < -0.39 is 0 Å². The molecule has 33 heavy (non-hydrogen) atoms. The summed E-state index contributed by atoms with van der Waals surface area (Å²) in [5, 5.41) is 4.03. The van der Waals surface area contributed by atoms with Crippen molar-refractivity contribution in [3.8, 4) is 0 Å². The van der Waals surface area contributed by atoms with E-state index in [0.29, 0.717) is 0 Å². The van der Waals surface area contributed by atoms with Gasteiger partial charge in [-0.3, -0.25) is 0 Å². The first-order chi connectivity index (χ1) is 15.1. The van der Waals surface area contributed by atoms with Gasteiger partial charge in [-0.05, 0) is 12.0 Å². The average Bonchev–Trinajstić information content (AvgIpc) is 2.73. The van der Waals surface area contributed by atoms with Gasteiger partial charge >= 0.3 is 0 Å². The minimum atomic E-state index is 0. The van der Waals surface area contributed by atoms with Gasteiger partial charge in [-0.25, -0.2) is 0 Å². The molecule has 3 aromatic carbocycles. The molecule has 3 aromatic rings. The molecule has 182 valence electrons. The minimum Gasteiger partial charge on any atom is -1.00 e. The second-order valence-electron chi connectivity index (χ2n) is 10.1. The van der Waals surface area contributed by atoms with Gasteiger partial charge in [-0.15, -0.1) is 6.54 Å². The maximum absolute atomic E-state index is 4.03. The predicted molar refractivity (Wildman–Crippen MR) is 141 cm³/mol. The molecule has 0 fully saturated rings. The number of likely N-dealkylation sites (N-methyl/N-ethyl adjacent to an activating group) is 1. The van der Waals surface area contributed by atoms with Crippen molar-refractivity contribution in [1.29, 1.82) is 0 Å². The molecule has 0 amide bonds. The van der Waals surface area contributed by atoms with Crippen LogP contribution >= 0.6 is 0 Å². The number of hydrogen-bond donors (Lipinski definition) is 0. The summed E-state index contributed by atoms with van der Waals surface area (Å²) in [5.74, 6) is 0. The van der Waals surface area contributed by atoms with Crippen LogP contribution in [0, 0.1) is 0 Å². The molecule has 0 aliphatic rings. The van der Waals surface area contributed by atoms with Crippen LogP contribution in [0.2, 0.25) is 0 Å². The minimum absolute atomic E-state index is 0. The zero-order valence-corrected chi connectivity index (χ0v) is 22.5. The van der Waals surface area contributed by atoms with E-state index in [1.807, 2.05) is 13.1 Å². The van der Waals surface area contributed by atoms with Crippen LogP contribution in [0.3, 0.4) is 0 Å². The highest BCUT2D eigenvalue weighted by Crippen LogP contribution is 2.06. The highest BCUT2D eigenvalue weighted by molar-refractivity contribution is 5.16. The van der Waals surface area contributed by atoms with Crippen molar-refractivity contribution < 1.29 is 21.4 Å². The summed E-state index contributed by atoms with van der Waals surface area (Å²) in [5.41, 5.74) is 4.17. The van der Waals surface area contributed by atoms with Gasteiger partial charge in [0.15, 0.2) is 0 Å². The number of rotatable bonds is 7. The first-order valence-electron chi connectivity index (χ1n) is 11.4. The summed E-state index contributed by atoms with van der Waals surface area (Å²) in [6, 6.07) is 31.6. The van der Waals surface area contributed by atoms with Gasteiger partial charge in [-0.2, -0.15) is 7.05 Å². The molecule has 0 atom stereocenters. The van der Waals surface area contributed by atoms with Crippen molar-refractivity contribution in [2.45, 2.75) is 19.5 Å². The lowest BCUT2D eigenvalue weighted by Gasteiger charge is -2.23. The fourth-order valence-electron chi connectivity index (χ4n) is 3.15. The third-order valence-electron chi connectivity index (χ3n) is 4.47. The Morgan fingerprint density at radius 3 is 1.09 bits per heavy atom. The lowest BCUT2D eigenvalue weighted by Crippen LogP contribution is -3.00. The Morgan fingerprint density at radius 2 is 0.818 bits per heavy atom. The van der Waals surface area contributed by atoms with E-state index in [0.717, 1.165) is 35.0 Å². The predicted octanol–water partition coefficient (Wildman–Crippen LogP) is 3.02. The maximum Gasteiger partial charge on any atom is 0.104 e. The first kappa shape index (κ1) is 30.8. The summed E-state index contributed by atoms with van der Waals surface area (Å²) in [6.45, 7) is 3.13. The smallest absolute Gasteiger partial charge is 0.104 e. The van der Waals surface area contributed by atoms with Crippen LogP contribution in [-0.4, -0.2) is 64.8 Å². The Kier molecular flexibility index (Phi) is 15.4. The molecule has 0 bridgehead atoms. The first-order valence-corrected chi connectivity index (χ1v) is 11.4. The molecule has 0 saturated heterocycles. The summed E-state index contributed by atoms with van der Waals surface area (Å²) in [4.78, 5) is 0. The van der Waals surface area contributed by atoms with Crippen LogP contribution in [0.1, 0.15) is 16.7 Å². The molecule has 3 nitrogen and oxygen atoms in total. The molecule has 0 aliphatic carbocycles. The highest BCUT2D eigenvalue weighted by Gasteiger charge is 2.07. The van der Waals surface area contributed by atoms with Crippen molar-refractivity contribution in [2.24, 2.45) is 0 Å². The lowest BCUT2D eigenvalue weighted by atomic mass is 10.2. The largest absolute Gasteiger partial charge is 1.00 e. The molecular formula is C29H44ClN3. The number of halogens is 1. The third-order valence-corrected chi connectivity index (χ3v) is 4.47. The SMILES string of the molecule is C[N+](C)(C)Cc1ccccc1.C[N+](C)(C)Cc1ccccc1.C[N-]CCc1ccccc1.[Cl-]. The van der Waals surface area contributed by atoms with Gasteiger partial charge in [0.2, 0.25) is 0 Å². The fraction of sp³-hybridized carbons (Fsp3) is 0.379. The summed E-state index contributed by atoms with van der Waals surface area (Å²) >= 11 is 0. The topological polar surface area (TPSA) is 14.1 Å². The molecule has 0 radical (unpaired) electrons. The molecular weight excluding hydrogens is 426 g/mol. The molecule has 0 spiro atoms. The Balaban J connectivity index is 0.000000459.